The molecule has 0 radical (unpaired) electrons. The summed E-state index contributed by atoms with van der Waals surface area (Å²) < 4.78 is 0. The second-order valence-corrected chi connectivity index (χ2v) is 4.98. The highest BCUT2D eigenvalue weighted by Crippen LogP contribution is 2.33. The summed E-state index contributed by atoms with van der Waals surface area (Å²) in [5, 5.41) is 5.87. The van der Waals surface area contributed by atoms with Gasteiger partial charge in [-0.1, -0.05) is 36.4 Å². The molecule has 96 valence electrons. The van der Waals surface area contributed by atoms with Crippen molar-refractivity contribution in [2.24, 2.45) is 0 Å². The van der Waals surface area contributed by atoms with E-state index < -0.39 is 0 Å². The summed E-state index contributed by atoms with van der Waals surface area (Å²) in [5.74, 6) is 0. The lowest BCUT2D eigenvalue weighted by atomic mass is 9.92. The van der Waals surface area contributed by atoms with Crippen molar-refractivity contribution in [1.82, 2.24) is 5.32 Å². The van der Waals surface area contributed by atoms with Crippen molar-refractivity contribution in [2.45, 2.75) is 19.9 Å². The van der Waals surface area contributed by atoms with Gasteiger partial charge in [0.05, 0.1) is 6.04 Å². The summed E-state index contributed by atoms with van der Waals surface area (Å²) in [6.45, 7) is 4.09. The van der Waals surface area contributed by atoms with Crippen LogP contribution < -0.4 is 10.6 Å². The van der Waals surface area contributed by atoms with E-state index in [0.29, 0.717) is 0 Å². The van der Waals surface area contributed by atoms with Crippen LogP contribution in [0.1, 0.15) is 28.3 Å². The van der Waals surface area contributed by atoms with Crippen LogP contribution in [0.25, 0.3) is 0 Å². The van der Waals surface area contributed by atoms with Crippen molar-refractivity contribution in [3.63, 3.8) is 0 Å². The fourth-order valence-corrected chi connectivity index (χ4v) is 2.55. The number of nitrogens with one attached hydrogen (secondary N) is 2. The molecule has 0 aliphatic carbocycles. The molecule has 3 heteroatoms. The lowest BCUT2D eigenvalue weighted by Crippen LogP contribution is -2.38. The number of aryl methyl sites for hydroxylation is 2. The highest BCUT2D eigenvalue weighted by molar-refractivity contribution is 5.93. The molecule has 3 rings (SSSR count). The van der Waals surface area contributed by atoms with Gasteiger partial charge < -0.3 is 10.6 Å². The van der Waals surface area contributed by atoms with Crippen molar-refractivity contribution in [1.29, 1.82) is 0 Å². The number of anilines is 1. The van der Waals surface area contributed by atoms with Crippen LogP contribution in [-0.4, -0.2) is 6.03 Å². The van der Waals surface area contributed by atoms with Gasteiger partial charge in [-0.05, 0) is 36.6 Å². The Kier molecular flexibility index (Phi) is 2.75. The van der Waals surface area contributed by atoms with E-state index in [4.69, 9.17) is 0 Å². The summed E-state index contributed by atoms with van der Waals surface area (Å²) in [6, 6.07) is 14.1. The molecule has 3 nitrogen and oxygen atoms in total. The molecule has 2 amide bonds. The molecule has 1 unspecified atom stereocenters. The Hall–Kier alpha value is -2.29. The van der Waals surface area contributed by atoms with Crippen LogP contribution in [0.5, 0.6) is 0 Å². The first-order chi connectivity index (χ1) is 9.15. The minimum Gasteiger partial charge on any atom is -0.327 e. The zero-order chi connectivity index (χ0) is 13.4. The van der Waals surface area contributed by atoms with Gasteiger partial charge in [-0.15, -0.1) is 0 Å². The predicted molar refractivity (Wildman–Crippen MR) is 76.4 cm³/mol. The Morgan fingerprint density at radius 1 is 1.00 bits per heavy atom. The normalized spacial score (nSPS) is 17.4. The molecule has 1 aliphatic heterocycles. The third kappa shape index (κ3) is 2.08. The van der Waals surface area contributed by atoms with Crippen LogP contribution in [0.2, 0.25) is 0 Å². The maximum atomic E-state index is 11.8. The number of hydrogen-bond acceptors (Lipinski definition) is 1. The molecular weight excluding hydrogens is 236 g/mol. The van der Waals surface area contributed by atoms with Crippen LogP contribution >= 0.6 is 0 Å². The van der Waals surface area contributed by atoms with E-state index in [1.165, 1.54) is 5.56 Å². The second kappa shape index (κ2) is 4.43. The molecule has 0 aromatic heterocycles. The minimum absolute atomic E-state index is 0.0782. The largest absolute Gasteiger partial charge is 0.327 e. The average Bonchev–Trinajstić information content (AvgIpc) is 2.38. The fourth-order valence-electron chi connectivity index (χ4n) is 2.55. The lowest BCUT2D eigenvalue weighted by Gasteiger charge is -2.29. The molecule has 0 saturated carbocycles. The van der Waals surface area contributed by atoms with Gasteiger partial charge in [0.15, 0.2) is 0 Å². The van der Waals surface area contributed by atoms with E-state index in [1.54, 1.807) is 0 Å². The van der Waals surface area contributed by atoms with E-state index in [-0.39, 0.29) is 12.1 Å². The molecule has 2 aromatic rings. The first kappa shape index (κ1) is 11.8. The molecule has 0 fully saturated rings. The van der Waals surface area contributed by atoms with Gasteiger partial charge in [-0.2, -0.15) is 0 Å². The highest BCUT2D eigenvalue weighted by atomic mass is 16.2. The van der Waals surface area contributed by atoms with E-state index in [0.717, 1.165) is 22.4 Å². The molecule has 1 atom stereocenters. The van der Waals surface area contributed by atoms with Gasteiger partial charge in [-0.3, -0.25) is 0 Å². The van der Waals surface area contributed by atoms with E-state index >= 15 is 0 Å². The maximum Gasteiger partial charge on any atom is 0.320 e. The first-order valence-electron chi connectivity index (χ1n) is 6.39. The van der Waals surface area contributed by atoms with Crippen molar-refractivity contribution in [2.75, 3.05) is 5.32 Å². The minimum atomic E-state index is -0.147. The molecule has 2 N–H and O–H groups in total. The molecule has 0 spiro atoms. The average molecular weight is 252 g/mol. The van der Waals surface area contributed by atoms with Gasteiger partial charge in [0.2, 0.25) is 0 Å². The van der Waals surface area contributed by atoms with Crippen molar-refractivity contribution >= 4 is 11.7 Å². The molecule has 2 aromatic carbocycles. The number of benzene rings is 2. The van der Waals surface area contributed by atoms with Gasteiger partial charge in [0.1, 0.15) is 0 Å². The summed E-state index contributed by atoms with van der Waals surface area (Å²) in [4.78, 5) is 11.8. The van der Waals surface area contributed by atoms with Gasteiger partial charge in [-0.25, -0.2) is 4.79 Å². The van der Waals surface area contributed by atoms with Crippen LogP contribution in [-0.2, 0) is 0 Å². The van der Waals surface area contributed by atoms with E-state index in [2.05, 4.69) is 41.8 Å². The van der Waals surface area contributed by atoms with Crippen molar-refractivity contribution in [3.05, 3.63) is 64.7 Å². The molecule has 19 heavy (non-hydrogen) atoms. The Morgan fingerprint density at radius 2 is 1.79 bits per heavy atom. The number of rotatable bonds is 1. The Bertz CT molecular complexity index is 649. The summed E-state index contributed by atoms with van der Waals surface area (Å²) >= 11 is 0. The van der Waals surface area contributed by atoms with Crippen LogP contribution in [0, 0.1) is 13.8 Å². The first-order valence-corrected chi connectivity index (χ1v) is 6.39. The van der Waals surface area contributed by atoms with E-state index in [1.807, 2.05) is 25.1 Å². The van der Waals surface area contributed by atoms with Gasteiger partial charge in [0, 0.05) is 11.3 Å². The highest BCUT2D eigenvalue weighted by Gasteiger charge is 2.26. The third-order valence-corrected chi connectivity index (χ3v) is 3.54. The molecule has 0 bridgehead atoms. The number of carbonyl (C=O) groups is 1. The van der Waals surface area contributed by atoms with Crippen molar-refractivity contribution < 1.29 is 4.79 Å². The van der Waals surface area contributed by atoms with Gasteiger partial charge >= 0.3 is 6.03 Å². The zero-order valence-electron chi connectivity index (χ0n) is 11.0. The standard InChI is InChI=1S/C16H16N2O/c1-10-7-8-13-14(9-10)17-16(19)18-15(13)12-6-4-3-5-11(12)2/h3-9,15H,1-2H3,(H2,17,18,19). The number of urea groups is 1. The number of amides is 2. The second-order valence-electron chi connectivity index (χ2n) is 4.98. The van der Waals surface area contributed by atoms with Gasteiger partial charge in [0.25, 0.3) is 0 Å². The lowest BCUT2D eigenvalue weighted by molar-refractivity contribution is 0.249. The topological polar surface area (TPSA) is 41.1 Å². The monoisotopic (exact) mass is 252 g/mol. The quantitative estimate of drug-likeness (QED) is 0.801. The molecule has 1 aliphatic rings. The molecule has 1 heterocycles. The van der Waals surface area contributed by atoms with Crippen LogP contribution in [0.3, 0.4) is 0 Å². The molecular formula is C16H16N2O. The summed E-state index contributed by atoms with van der Waals surface area (Å²) in [5.41, 5.74) is 5.48. The Morgan fingerprint density at radius 3 is 2.58 bits per heavy atom. The van der Waals surface area contributed by atoms with Crippen LogP contribution in [0.4, 0.5) is 10.5 Å². The SMILES string of the molecule is Cc1ccc2c(c1)NC(=O)NC2c1ccccc1C. The Labute approximate surface area is 112 Å². The smallest absolute Gasteiger partial charge is 0.320 e. The number of hydrogen-bond donors (Lipinski definition) is 2. The van der Waals surface area contributed by atoms with Crippen LogP contribution in [0.15, 0.2) is 42.5 Å². The Balaban J connectivity index is 2.14. The predicted octanol–water partition coefficient (Wildman–Crippen LogP) is 3.53. The maximum absolute atomic E-state index is 11.8. The third-order valence-electron chi connectivity index (χ3n) is 3.54. The molecule has 0 saturated heterocycles. The number of carbonyl (C=O) groups excluding carboxylic acids is 1. The van der Waals surface area contributed by atoms with Crippen molar-refractivity contribution in [3.8, 4) is 0 Å². The number of fused-ring (bicyclic) bond motifs is 1. The summed E-state index contributed by atoms with van der Waals surface area (Å²) in [6.07, 6.45) is 0. The summed E-state index contributed by atoms with van der Waals surface area (Å²) in [7, 11) is 0. The van der Waals surface area contributed by atoms with E-state index in [9.17, 15) is 4.79 Å². The fraction of sp³-hybridized carbons (Fsp3) is 0.188. The zero-order valence-corrected chi connectivity index (χ0v) is 11.0.